The van der Waals surface area contributed by atoms with Gasteiger partial charge in [0.2, 0.25) is 10.7 Å². The third-order valence-electron chi connectivity index (χ3n) is 3.64. The molecule has 1 amide bonds. The van der Waals surface area contributed by atoms with E-state index in [0.29, 0.717) is 34.6 Å². The van der Waals surface area contributed by atoms with Crippen LogP contribution in [0.4, 0.5) is 9.52 Å². The second kappa shape index (κ2) is 7.24. The van der Waals surface area contributed by atoms with E-state index in [1.165, 1.54) is 17.4 Å². The van der Waals surface area contributed by atoms with E-state index >= 15 is 0 Å². The summed E-state index contributed by atoms with van der Waals surface area (Å²) in [6.07, 6.45) is 0.157. The molecule has 0 fully saturated rings. The second-order valence-corrected chi connectivity index (χ2v) is 6.67. The van der Waals surface area contributed by atoms with Crippen molar-refractivity contribution < 1.29 is 18.8 Å². The Hall–Kier alpha value is -2.39. The first kappa shape index (κ1) is 17.4. The van der Waals surface area contributed by atoms with Crippen molar-refractivity contribution in [1.29, 1.82) is 0 Å². The maximum Gasteiger partial charge on any atom is 0.273 e. The van der Waals surface area contributed by atoms with Gasteiger partial charge in [-0.3, -0.25) is 10.1 Å². The minimum atomic E-state index is -1.23. The number of hydrogen-bond acceptors (Lipinski definition) is 7. The second-order valence-electron chi connectivity index (χ2n) is 5.61. The maximum atomic E-state index is 13.9. The van der Waals surface area contributed by atoms with Crippen molar-refractivity contribution >= 4 is 28.1 Å². The summed E-state index contributed by atoms with van der Waals surface area (Å²) in [5, 5.41) is 15.4. The first-order chi connectivity index (χ1) is 12.0. The number of hydrogen-bond donors (Lipinski definition) is 1. The van der Waals surface area contributed by atoms with E-state index < -0.39 is 17.3 Å². The summed E-state index contributed by atoms with van der Waals surface area (Å²) in [4.78, 5) is 17.8. The predicted molar refractivity (Wildman–Crippen MR) is 90.9 cm³/mol. The lowest BCUT2D eigenvalue weighted by Gasteiger charge is -2.19. The van der Waals surface area contributed by atoms with Gasteiger partial charge < -0.3 is 9.57 Å². The van der Waals surface area contributed by atoms with E-state index in [4.69, 9.17) is 9.57 Å². The summed E-state index contributed by atoms with van der Waals surface area (Å²) in [6, 6.07) is 6.24. The molecule has 0 saturated carbocycles. The molecule has 1 aliphatic rings. The van der Waals surface area contributed by atoms with Gasteiger partial charge in [0, 0.05) is 18.6 Å². The van der Waals surface area contributed by atoms with Gasteiger partial charge in [-0.1, -0.05) is 34.7 Å². The zero-order valence-electron chi connectivity index (χ0n) is 13.8. The van der Waals surface area contributed by atoms with Gasteiger partial charge in [0.25, 0.3) is 5.91 Å². The van der Waals surface area contributed by atoms with Gasteiger partial charge >= 0.3 is 0 Å². The van der Waals surface area contributed by atoms with Crippen LogP contribution in [0.5, 0.6) is 0 Å². The quantitative estimate of drug-likeness (QED) is 0.852. The topological polar surface area (TPSA) is 85.7 Å². The van der Waals surface area contributed by atoms with Crippen molar-refractivity contribution in [2.45, 2.75) is 32.5 Å². The number of carbonyl (C=O) groups excluding carboxylic acids is 1. The van der Waals surface area contributed by atoms with Crippen LogP contribution in [0.1, 0.15) is 30.8 Å². The number of rotatable bonds is 6. The van der Waals surface area contributed by atoms with Crippen LogP contribution in [0.2, 0.25) is 0 Å². The van der Waals surface area contributed by atoms with Crippen LogP contribution in [0, 0.1) is 5.82 Å². The highest BCUT2D eigenvalue weighted by molar-refractivity contribution is 7.15. The van der Waals surface area contributed by atoms with Crippen molar-refractivity contribution in [3.8, 4) is 0 Å². The van der Waals surface area contributed by atoms with Gasteiger partial charge in [-0.05, 0) is 19.9 Å². The fourth-order valence-electron chi connectivity index (χ4n) is 2.28. The molecule has 1 aliphatic heterocycles. The molecule has 0 bridgehead atoms. The number of aromatic nitrogens is 2. The molecule has 2 aromatic rings. The first-order valence-electron chi connectivity index (χ1n) is 7.73. The molecule has 0 spiro atoms. The Balaban J connectivity index is 1.65. The van der Waals surface area contributed by atoms with Crippen LogP contribution >= 0.6 is 11.3 Å². The molecule has 0 unspecified atom stereocenters. The Morgan fingerprint density at radius 1 is 1.44 bits per heavy atom. The number of nitrogens with zero attached hydrogens (tertiary/aromatic N) is 3. The van der Waals surface area contributed by atoms with E-state index in [1.807, 2.05) is 6.92 Å². The van der Waals surface area contributed by atoms with Crippen molar-refractivity contribution in [1.82, 2.24) is 10.2 Å². The SMILES string of the molecule is CCOCc1nnc(NC(=O)[C@]2(C)CC(c3ccccc3F)=NO2)s1. The molecule has 0 saturated heterocycles. The van der Waals surface area contributed by atoms with E-state index in [0.717, 1.165) is 0 Å². The number of carbonyl (C=O) groups is 1. The summed E-state index contributed by atoms with van der Waals surface area (Å²) in [7, 11) is 0. The molecule has 9 heteroatoms. The normalized spacial score (nSPS) is 19.4. The standard InChI is InChI=1S/C16H17FN4O3S/c1-3-23-9-13-19-20-15(25-13)18-14(22)16(2)8-12(21-24-16)10-6-4-5-7-11(10)17/h4-7H,3,8-9H2,1-2H3,(H,18,20,22)/t16-/m0/s1. The van der Waals surface area contributed by atoms with Gasteiger partial charge in [0.15, 0.2) is 0 Å². The minimum absolute atomic E-state index is 0.157. The Morgan fingerprint density at radius 2 is 2.24 bits per heavy atom. The lowest BCUT2D eigenvalue weighted by molar-refractivity contribution is -0.135. The Bertz CT molecular complexity index is 810. The Labute approximate surface area is 147 Å². The summed E-state index contributed by atoms with van der Waals surface area (Å²) in [5.41, 5.74) is -0.511. The number of anilines is 1. The number of oxime groups is 1. The molecule has 0 radical (unpaired) electrons. The molecule has 1 aromatic carbocycles. The molecule has 1 aromatic heterocycles. The zero-order valence-corrected chi connectivity index (χ0v) is 14.6. The maximum absolute atomic E-state index is 13.9. The number of benzene rings is 1. The van der Waals surface area contributed by atoms with Gasteiger partial charge in [0.1, 0.15) is 17.4 Å². The number of halogens is 1. The molecule has 3 rings (SSSR count). The largest absolute Gasteiger partial charge is 0.379 e. The molecule has 1 atom stereocenters. The van der Waals surface area contributed by atoms with Crippen LogP contribution in [-0.4, -0.2) is 34.0 Å². The summed E-state index contributed by atoms with van der Waals surface area (Å²) in [6.45, 7) is 4.40. The highest BCUT2D eigenvalue weighted by atomic mass is 32.1. The van der Waals surface area contributed by atoms with Crippen molar-refractivity contribution in [2.24, 2.45) is 5.16 Å². The van der Waals surface area contributed by atoms with Gasteiger partial charge in [0.05, 0.1) is 5.71 Å². The monoisotopic (exact) mass is 364 g/mol. The fraction of sp³-hybridized carbons (Fsp3) is 0.375. The lowest BCUT2D eigenvalue weighted by atomic mass is 9.95. The summed E-state index contributed by atoms with van der Waals surface area (Å²) in [5.74, 6) is -0.819. The molecule has 1 N–H and O–H groups in total. The smallest absolute Gasteiger partial charge is 0.273 e. The third-order valence-corrected chi connectivity index (χ3v) is 4.46. The average molecular weight is 364 g/mol. The first-order valence-corrected chi connectivity index (χ1v) is 8.55. The molecule has 25 heavy (non-hydrogen) atoms. The molecule has 132 valence electrons. The predicted octanol–water partition coefficient (Wildman–Crippen LogP) is 2.74. The van der Waals surface area contributed by atoms with E-state index in [-0.39, 0.29) is 6.42 Å². The highest BCUT2D eigenvalue weighted by Gasteiger charge is 2.43. The average Bonchev–Trinajstić information content (AvgIpc) is 3.21. The molecular formula is C16H17FN4O3S. The van der Waals surface area contributed by atoms with Crippen LogP contribution in [-0.2, 0) is 21.0 Å². The fourth-order valence-corrected chi connectivity index (χ4v) is 2.95. The lowest BCUT2D eigenvalue weighted by Crippen LogP contribution is -2.40. The van der Waals surface area contributed by atoms with Crippen LogP contribution in [0.25, 0.3) is 0 Å². The molecular weight excluding hydrogens is 347 g/mol. The Kier molecular flexibility index (Phi) is 5.05. The molecule has 0 aliphatic carbocycles. The van der Waals surface area contributed by atoms with Gasteiger partial charge in [-0.15, -0.1) is 10.2 Å². The number of amides is 1. The number of nitrogens with one attached hydrogen (secondary N) is 1. The summed E-state index contributed by atoms with van der Waals surface area (Å²) < 4.78 is 19.1. The minimum Gasteiger partial charge on any atom is -0.379 e. The van der Waals surface area contributed by atoms with Crippen molar-refractivity contribution in [2.75, 3.05) is 11.9 Å². The van der Waals surface area contributed by atoms with Crippen LogP contribution < -0.4 is 5.32 Å². The van der Waals surface area contributed by atoms with E-state index in [2.05, 4.69) is 20.7 Å². The van der Waals surface area contributed by atoms with Gasteiger partial charge in [-0.25, -0.2) is 4.39 Å². The van der Waals surface area contributed by atoms with Crippen LogP contribution in [0.15, 0.2) is 29.4 Å². The van der Waals surface area contributed by atoms with Crippen molar-refractivity contribution in [3.05, 3.63) is 40.7 Å². The third kappa shape index (κ3) is 3.83. The highest BCUT2D eigenvalue weighted by Crippen LogP contribution is 2.29. The summed E-state index contributed by atoms with van der Waals surface area (Å²) >= 11 is 1.23. The molecule has 7 nitrogen and oxygen atoms in total. The van der Waals surface area contributed by atoms with Crippen LogP contribution in [0.3, 0.4) is 0 Å². The zero-order chi connectivity index (χ0) is 17.9. The Morgan fingerprint density at radius 3 is 3.00 bits per heavy atom. The van der Waals surface area contributed by atoms with E-state index in [1.54, 1.807) is 25.1 Å². The van der Waals surface area contributed by atoms with Crippen molar-refractivity contribution in [3.63, 3.8) is 0 Å². The van der Waals surface area contributed by atoms with Gasteiger partial charge in [-0.2, -0.15) is 0 Å². The van der Waals surface area contributed by atoms with E-state index in [9.17, 15) is 9.18 Å². The molecule has 2 heterocycles. The number of ether oxygens (including phenoxy) is 1.